The molecule has 0 amide bonds. The topological polar surface area (TPSA) is 92.8 Å². The van der Waals surface area contributed by atoms with E-state index in [2.05, 4.69) is 4.74 Å². The summed E-state index contributed by atoms with van der Waals surface area (Å²) in [7, 11) is 0. The van der Waals surface area contributed by atoms with Gasteiger partial charge in [0.2, 0.25) is 0 Å². The third-order valence-corrected chi connectivity index (χ3v) is 1.86. The molecule has 1 aromatic rings. The van der Waals surface area contributed by atoms with E-state index in [1.54, 1.807) is 0 Å². The van der Waals surface area contributed by atoms with Gasteiger partial charge in [0.25, 0.3) is 0 Å². The maximum atomic E-state index is 11.9. The molecule has 1 aromatic carbocycles. The van der Waals surface area contributed by atoms with E-state index in [9.17, 15) is 23.1 Å². The molecule has 1 atom stereocenters. The third kappa shape index (κ3) is 3.25. The highest BCUT2D eigenvalue weighted by Gasteiger charge is 2.33. The minimum absolute atomic E-state index is 0.362. The number of halogens is 3. The van der Waals surface area contributed by atoms with Crippen LogP contribution in [0.2, 0.25) is 0 Å². The summed E-state index contributed by atoms with van der Waals surface area (Å²) >= 11 is 0. The van der Waals surface area contributed by atoms with Gasteiger partial charge in [0, 0.05) is 5.56 Å². The first-order chi connectivity index (χ1) is 7.72. The molecule has 0 aliphatic heterocycles. The van der Waals surface area contributed by atoms with Gasteiger partial charge < -0.3 is 20.7 Å². The Balaban J connectivity index is 3.12. The van der Waals surface area contributed by atoms with Crippen molar-refractivity contribution in [2.45, 2.75) is 12.4 Å². The fourth-order valence-electron chi connectivity index (χ4n) is 1.13. The highest BCUT2D eigenvalue weighted by atomic mass is 19.4. The number of phenols is 1. The van der Waals surface area contributed by atoms with E-state index < -0.39 is 29.9 Å². The summed E-state index contributed by atoms with van der Waals surface area (Å²) < 4.78 is 39.3. The number of carboxylic acids is 1. The molecule has 0 aromatic heterocycles. The molecule has 8 heteroatoms. The molecule has 0 saturated heterocycles. The number of ether oxygens (including phenoxy) is 1. The van der Waals surface area contributed by atoms with Crippen LogP contribution in [0.4, 0.5) is 13.2 Å². The average molecular weight is 251 g/mol. The number of aliphatic carboxylic acids is 1. The first kappa shape index (κ1) is 13.1. The number of nitrogens with two attached hydrogens (primary N) is 1. The third-order valence-electron chi connectivity index (χ3n) is 1.86. The highest BCUT2D eigenvalue weighted by Crippen LogP contribution is 2.36. The van der Waals surface area contributed by atoms with Gasteiger partial charge in [-0.2, -0.15) is 0 Å². The van der Waals surface area contributed by atoms with Crippen LogP contribution in [0.25, 0.3) is 0 Å². The van der Waals surface area contributed by atoms with Crippen LogP contribution in [-0.4, -0.2) is 22.5 Å². The van der Waals surface area contributed by atoms with Crippen molar-refractivity contribution in [3.05, 3.63) is 23.8 Å². The van der Waals surface area contributed by atoms with Gasteiger partial charge in [0.1, 0.15) is 6.04 Å². The van der Waals surface area contributed by atoms with Crippen LogP contribution in [0.15, 0.2) is 18.2 Å². The molecule has 0 aliphatic rings. The van der Waals surface area contributed by atoms with Crippen LogP contribution in [0.1, 0.15) is 11.6 Å². The van der Waals surface area contributed by atoms with Crippen molar-refractivity contribution < 1.29 is 32.9 Å². The summed E-state index contributed by atoms with van der Waals surface area (Å²) in [6, 6.07) is 1.41. The molecule has 0 bridgehead atoms. The number of alkyl halides is 3. The summed E-state index contributed by atoms with van der Waals surface area (Å²) in [6.45, 7) is 0. The van der Waals surface area contributed by atoms with Gasteiger partial charge in [-0.1, -0.05) is 12.1 Å². The van der Waals surface area contributed by atoms with Crippen LogP contribution >= 0.6 is 0 Å². The van der Waals surface area contributed by atoms with Crippen molar-refractivity contribution in [1.29, 1.82) is 0 Å². The van der Waals surface area contributed by atoms with Crippen LogP contribution in [-0.2, 0) is 4.79 Å². The molecule has 0 fully saturated rings. The quantitative estimate of drug-likeness (QED) is 0.754. The molecule has 0 heterocycles. The summed E-state index contributed by atoms with van der Waals surface area (Å²) in [6.07, 6.45) is -4.98. The lowest BCUT2D eigenvalue weighted by atomic mass is 10.1. The molecule has 1 rings (SSSR count). The number of hydrogen-bond donors (Lipinski definition) is 3. The number of phenolic OH excluding ortho intramolecular Hbond substituents is 1. The molecule has 17 heavy (non-hydrogen) atoms. The van der Waals surface area contributed by atoms with Crippen molar-refractivity contribution in [3.63, 3.8) is 0 Å². The second-order valence-corrected chi connectivity index (χ2v) is 3.06. The fraction of sp³-hybridized carbons (Fsp3) is 0.222. The predicted octanol–water partition coefficient (Wildman–Crippen LogP) is 1.38. The Morgan fingerprint density at radius 3 is 2.47 bits per heavy atom. The van der Waals surface area contributed by atoms with Crippen molar-refractivity contribution in [3.8, 4) is 11.5 Å². The SMILES string of the molecule is N[C@H](C(=O)O)c1cccc(OC(F)(F)F)c1O. The maximum Gasteiger partial charge on any atom is 0.573 e. The molecule has 94 valence electrons. The van der Waals surface area contributed by atoms with Crippen molar-refractivity contribution in [1.82, 2.24) is 0 Å². The number of rotatable bonds is 3. The Kier molecular flexibility index (Phi) is 3.47. The summed E-state index contributed by atoms with van der Waals surface area (Å²) in [5.74, 6) is -3.32. The zero-order valence-corrected chi connectivity index (χ0v) is 8.23. The monoisotopic (exact) mass is 251 g/mol. The molecule has 0 spiro atoms. The molecular weight excluding hydrogens is 243 g/mol. The second kappa shape index (κ2) is 4.50. The van der Waals surface area contributed by atoms with Gasteiger partial charge in [-0.15, -0.1) is 13.2 Å². The largest absolute Gasteiger partial charge is 0.573 e. The van der Waals surface area contributed by atoms with E-state index in [0.717, 1.165) is 18.2 Å². The lowest BCUT2D eigenvalue weighted by Gasteiger charge is -2.14. The van der Waals surface area contributed by atoms with Crippen molar-refractivity contribution in [2.24, 2.45) is 5.73 Å². The average Bonchev–Trinajstić information content (AvgIpc) is 2.18. The van der Waals surface area contributed by atoms with E-state index >= 15 is 0 Å². The number of aromatic hydroxyl groups is 1. The van der Waals surface area contributed by atoms with Crippen molar-refractivity contribution in [2.75, 3.05) is 0 Å². The summed E-state index contributed by atoms with van der Waals surface area (Å²) in [4.78, 5) is 10.5. The minimum atomic E-state index is -4.98. The van der Waals surface area contributed by atoms with Gasteiger partial charge in [0.15, 0.2) is 11.5 Å². The van der Waals surface area contributed by atoms with E-state index in [-0.39, 0.29) is 5.56 Å². The first-order valence-corrected chi connectivity index (χ1v) is 4.28. The summed E-state index contributed by atoms with van der Waals surface area (Å²) in [5.41, 5.74) is 4.81. The number of carbonyl (C=O) groups is 1. The van der Waals surface area contributed by atoms with Gasteiger partial charge in [-0.3, -0.25) is 4.79 Å². The van der Waals surface area contributed by atoms with Crippen molar-refractivity contribution >= 4 is 5.97 Å². The van der Waals surface area contributed by atoms with E-state index in [1.165, 1.54) is 0 Å². The molecule has 0 aliphatic carbocycles. The molecule has 0 radical (unpaired) electrons. The lowest BCUT2D eigenvalue weighted by molar-refractivity contribution is -0.275. The molecule has 5 nitrogen and oxygen atoms in total. The first-order valence-electron chi connectivity index (χ1n) is 4.28. The number of benzene rings is 1. The fourth-order valence-corrected chi connectivity index (χ4v) is 1.13. The maximum absolute atomic E-state index is 11.9. The van der Waals surface area contributed by atoms with Gasteiger partial charge >= 0.3 is 12.3 Å². The Hall–Kier alpha value is -1.96. The standard InChI is InChI=1S/C9H8F3NO4/c10-9(11,12)17-5-3-1-2-4(7(5)14)6(13)8(15)16/h1-3,6,14H,13H2,(H,15,16)/t6-/m0/s1. The number of para-hydroxylation sites is 1. The molecule has 4 N–H and O–H groups in total. The Labute approximate surface area is 93.2 Å². The Morgan fingerprint density at radius 1 is 1.41 bits per heavy atom. The minimum Gasteiger partial charge on any atom is -0.504 e. The zero-order valence-electron chi connectivity index (χ0n) is 8.23. The normalized spacial score (nSPS) is 13.2. The van der Waals surface area contributed by atoms with Crippen LogP contribution < -0.4 is 10.5 Å². The van der Waals surface area contributed by atoms with Crippen LogP contribution in [0, 0.1) is 0 Å². The zero-order chi connectivity index (χ0) is 13.2. The van der Waals surface area contributed by atoms with Crippen LogP contribution in [0.5, 0.6) is 11.5 Å². The Bertz CT molecular complexity index is 433. The lowest BCUT2D eigenvalue weighted by Crippen LogP contribution is -2.22. The summed E-state index contributed by atoms with van der Waals surface area (Å²) in [5, 5.41) is 18.0. The van der Waals surface area contributed by atoms with Gasteiger partial charge in [-0.25, -0.2) is 0 Å². The number of hydrogen-bond acceptors (Lipinski definition) is 4. The van der Waals surface area contributed by atoms with Crippen LogP contribution in [0.3, 0.4) is 0 Å². The van der Waals surface area contributed by atoms with Gasteiger partial charge in [0.05, 0.1) is 0 Å². The van der Waals surface area contributed by atoms with Gasteiger partial charge in [-0.05, 0) is 6.07 Å². The van der Waals surface area contributed by atoms with E-state index in [4.69, 9.17) is 10.8 Å². The molecule has 0 saturated carbocycles. The van der Waals surface area contributed by atoms with E-state index in [1.807, 2.05) is 0 Å². The predicted molar refractivity (Wildman–Crippen MR) is 49.4 cm³/mol. The Morgan fingerprint density at radius 2 is 2.00 bits per heavy atom. The second-order valence-electron chi connectivity index (χ2n) is 3.06. The highest BCUT2D eigenvalue weighted by molar-refractivity contribution is 5.76. The molecule has 0 unspecified atom stereocenters. The smallest absolute Gasteiger partial charge is 0.504 e. The molecular formula is C9H8F3NO4. The van der Waals surface area contributed by atoms with E-state index in [0.29, 0.717) is 0 Å². The number of carboxylic acid groups (broad SMARTS) is 1.